The van der Waals surface area contributed by atoms with Gasteiger partial charge in [-0.05, 0) is 17.7 Å². The molecule has 9 heteroatoms. The number of halogens is 2. The number of aromatic nitrogens is 4. The van der Waals surface area contributed by atoms with Crippen LogP contribution < -0.4 is 5.32 Å². The summed E-state index contributed by atoms with van der Waals surface area (Å²) in [6, 6.07) is 1.50. The van der Waals surface area contributed by atoms with E-state index < -0.39 is 5.91 Å². The average Bonchev–Trinajstić information content (AvgIpc) is 2.65. The van der Waals surface area contributed by atoms with Crippen molar-refractivity contribution in [1.82, 2.24) is 20.2 Å². The lowest BCUT2D eigenvalue weighted by Gasteiger charge is -1.99. The molecular formula is C7H3Cl2N5OS. The van der Waals surface area contributed by atoms with Crippen molar-refractivity contribution < 1.29 is 4.79 Å². The molecule has 6 nitrogen and oxygen atoms in total. The minimum absolute atomic E-state index is 0.101. The van der Waals surface area contributed by atoms with Crippen LogP contribution in [0.3, 0.4) is 0 Å². The molecule has 2 rings (SSSR count). The van der Waals surface area contributed by atoms with E-state index in [1.54, 1.807) is 0 Å². The highest BCUT2D eigenvalue weighted by molar-refractivity contribution is 7.17. The Morgan fingerprint density at radius 1 is 1.38 bits per heavy atom. The van der Waals surface area contributed by atoms with E-state index in [-0.39, 0.29) is 20.6 Å². The summed E-state index contributed by atoms with van der Waals surface area (Å²) >= 11 is 12.1. The predicted octanol–water partition coefficient (Wildman–Crippen LogP) is 1.89. The van der Waals surface area contributed by atoms with Crippen LogP contribution >= 0.6 is 34.5 Å². The summed E-state index contributed by atoms with van der Waals surface area (Å²) in [5.41, 5.74) is 0. The molecule has 0 unspecified atom stereocenters. The number of nitrogens with zero attached hydrogens (tertiary/aromatic N) is 4. The van der Waals surface area contributed by atoms with Gasteiger partial charge in [-0.2, -0.15) is 0 Å². The molecule has 0 spiro atoms. The number of anilines is 1. The van der Waals surface area contributed by atoms with Crippen molar-refractivity contribution in [2.75, 3.05) is 5.32 Å². The minimum Gasteiger partial charge on any atom is -0.288 e. The van der Waals surface area contributed by atoms with Crippen LogP contribution in [0.25, 0.3) is 0 Å². The summed E-state index contributed by atoms with van der Waals surface area (Å²) in [5.74, 6) is -0.379. The van der Waals surface area contributed by atoms with Gasteiger partial charge in [0.1, 0.15) is 5.15 Å². The van der Waals surface area contributed by atoms with Crippen molar-refractivity contribution in [2.24, 2.45) is 0 Å². The molecular weight excluding hydrogens is 273 g/mol. The Morgan fingerprint density at radius 2 is 2.19 bits per heavy atom. The number of amides is 1. The standard InChI is InChI=1S/C7H3Cl2N5OS/c8-3-1-2-10-7(11-3)12-4(15)5-13-14-6(9)16-5/h1-2H,(H,10,11,12,15). The molecule has 0 radical (unpaired) electrons. The van der Waals surface area contributed by atoms with E-state index in [2.05, 4.69) is 25.5 Å². The van der Waals surface area contributed by atoms with Gasteiger partial charge in [-0.1, -0.05) is 22.9 Å². The van der Waals surface area contributed by atoms with E-state index in [0.717, 1.165) is 11.3 Å². The molecule has 0 aromatic carbocycles. The number of carbonyl (C=O) groups excluding carboxylic acids is 1. The van der Waals surface area contributed by atoms with Gasteiger partial charge in [0.2, 0.25) is 15.4 Å². The third-order valence-corrected chi connectivity index (χ3v) is 2.67. The first-order valence-corrected chi connectivity index (χ1v) is 5.51. The van der Waals surface area contributed by atoms with Gasteiger partial charge in [-0.25, -0.2) is 9.97 Å². The van der Waals surface area contributed by atoms with Crippen LogP contribution in [0.4, 0.5) is 5.95 Å². The molecule has 0 bridgehead atoms. The maximum absolute atomic E-state index is 11.6. The highest BCUT2D eigenvalue weighted by Crippen LogP contribution is 2.15. The Kier molecular flexibility index (Phi) is 3.28. The van der Waals surface area contributed by atoms with Crippen molar-refractivity contribution >= 4 is 46.4 Å². The normalized spacial score (nSPS) is 10.1. The maximum atomic E-state index is 11.6. The molecule has 0 saturated carbocycles. The summed E-state index contributed by atoms with van der Waals surface area (Å²) in [4.78, 5) is 19.2. The predicted molar refractivity (Wildman–Crippen MR) is 59.9 cm³/mol. The Hall–Kier alpha value is -1.31. The molecule has 16 heavy (non-hydrogen) atoms. The zero-order valence-electron chi connectivity index (χ0n) is 7.52. The van der Waals surface area contributed by atoms with Gasteiger partial charge < -0.3 is 0 Å². The smallest absolute Gasteiger partial charge is 0.288 e. The van der Waals surface area contributed by atoms with Crippen LogP contribution in [0.1, 0.15) is 9.80 Å². The molecule has 1 amide bonds. The molecule has 1 N–H and O–H groups in total. The second-order valence-electron chi connectivity index (χ2n) is 2.52. The quantitative estimate of drug-likeness (QED) is 0.847. The van der Waals surface area contributed by atoms with Crippen molar-refractivity contribution in [3.63, 3.8) is 0 Å². The molecule has 0 aliphatic carbocycles. The molecule has 2 aromatic heterocycles. The molecule has 82 valence electrons. The second kappa shape index (κ2) is 4.69. The molecule has 0 aliphatic rings. The van der Waals surface area contributed by atoms with Gasteiger partial charge in [0.05, 0.1) is 0 Å². The van der Waals surface area contributed by atoms with Crippen LogP contribution in [0.5, 0.6) is 0 Å². The molecule has 0 fully saturated rings. The van der Waals surface area contributed by atoms with E-state index in [4.69, 9.17) is 23.2 Å². The Morgan fingerprint density at radius 3 is 2.81 bits per heavy atom. The SMILES string of the molecule is O=C(Nc1nccc(Cl)n1)c1nnc(Cl)s1. The highest BCUT2D eigenvalue weighted by Gasteiger charge is 2.13. The van der Waals surface area contributed by atoms with Gasteiger partial charge >= 0.3 is 0 Å². The lowest BCUT2D eigenvalue weighted by molar-refractivity contribution is 0.102. The number of hydrogen-bond acceptors (Lipinski definition) is 6. The third-order valence-electron chi connectivity index (χ3n) is 1.44. The van der Waals surface area contributed by atoms with E-state index in [1.807, 2.05) is 0 Å². The first-order valence-electron chi connectivity index (χ1n) is 3.94. The van der Waals surface area contributed by atoms with Gasteiger partial charge in [0.15, 0.2) is 0 Å². The first kappa shape index (κ1) is 11.2. The van der Waals surface area contributed by atoms with Crippen molar-refractivity contribution in [1.29, 1.82) is 0 Å². The van der Waals surface area contributed by atoms with Gasteiger partial charge in [-0.3, -0.25) is 10.1 Å². The largest absolute Gasteiger partial charge is 0.289 e. The fourth-order valence-corrected chi connectivity index (χ4v) is 1.71. The zero-order valence-corrected chi connectivity index (χ0v) is 9.84. The molecule has 0 atom stereocenters. The molecule has 2 heterocycles. The van der Waals surface area contributed by atoms with Gasteiger partial charge in [0.25, 0.3) is 5.91 Å². The number of nitrogens with one attached hydrogen (secondary N) is 1. The maximum Gasteiger partial charge on any atom is 0.289 e. The fraction of sp³-hybridized carbons (Fsp3) is 0. The first-order chi connectivity index (χ1) is 7.65. The molecule has 0 saturated heterocycles. The Bertz CT molecular complexity index is 531. The summed E-state index contributed by atoms with van der Waals surface area (Å²) in [6.07, 6.45) is 1.43. The zero-order chi connectivity index (χ0) is 11.5. The van der Waals surface area contributed by atoms with Crippen LogP contribution in [0, 0.1) is 0 Å². The van der Waals surface area contributed by atoms with E-state index >= 15 is 0 Å². The number of rotatable bonds is 2. The summed E-state index contributed by atoms with van der Waals surface area (Å²) < 4.78 is 0.192. The van der Waals surface area contributed by atoms with E-state index in [0.29, 0.717) is 0 Å². The third kappa shape index (κ3) is 2.63. The van der Waals surface area contributed by atoms with Crippen LogP contribution in [0.15, 0.2) is 12.3 Å². The molecule has 2 aromatic rings. The lowest BCUT2D eigenvalue weighted by atomic mass is 10.6. The molecule has 0 aliphatic heterocycles. The topological polar surface area (TPSA) is 80.7 Å². The van der Waals surface area contributed by atoms with E-state index in [9.17, 15) is 4.79 Å². The number of carbonyl (C=O) groups is 1. The fourth-order valence-electron chi connectivity index (χ4n) is 0.849. The second-order valence-corrected chi connectivity index (χ2v) is 4.46. The van der Waals surface area contributed by atoms with Crippen molar-refractivity contribution in [2.45, 2.75) is 0 Å². The van der Waals surface area contributed by atoms with Gasteiger partial charge in [-0.15, -0.1) is 10.2 Å². The van der Waals surface area contributed by atoms with Crippen LogP contribution in [0.2, 0.25) is 9.62 Å². The average molecular weight is 276 g/mol. The monoisotopic (exact) mass is 275 g/mol. The van der Waals surface area contributed by atoms with Crippen molar-refractivity contribution in [3.05, 3.63) is 26.9 Å². The summed E-state index contributed by atoms with van der Waals surface area (Å²) in [5, 5.41) is 9.86. The lowest BCUT2D eigenvalue weighted by Crippen LogP contribution is -2.13. The van der Waals surface area contributed by atoms with Crippen LogP contribution in [-0.2, 0) is 0 Å². The van der Waals surface area contributed by atoms with E-state index in [1.165, 1.54) is 12.3 Å². The van der Waals surface area contributed by atoms with Crippen LogP contribution in [-0.4, -0.2) is 26.1 Å². The van der Waals surface area contributed by atoms with Gasteiger partial charge in [0, 0.05) is 6.20 Å². The highest BCUT2D eigenvalue weighted by atomic mass is 35.5. The Balaban J connectivity index is 2.13. The Labute approximate surface area is 104 Å². The number of hydrogen-bond donors (Lipinski definition) is 1. The summed E-state index contributed by atoms with van der Waals surface area (Å²) in [7, 11) is 0. The minimum atomic E-state index is -0.480. The summed E-state index contributed by atoms with van der Waals surface area (Å²) in [6.45, 7) is 0. The van der Waals surface area contributed by atoms with Crippen molar-refractivity contribution in [3.8, 4) is 0 Å².